The Bertz CT molecular complexity index is 317. The molecule has 0 aliphatic heterocycles. The largest absolute Gasteiger partial charge is 0.481 e. The van der Waals surface area contributed by atoms with Crippen molar-refractivity contribution in [2.45, 2.75) is 76.7 Å². The lowest BCUT2D eigenvalue weighted by Crippen LogP contribution is -2.28. The first-order valence-electron chi connectivity index (χ1n) is 7.53. The van der Waals surface area contributed by atoms with Crippen LogP contribution in [0.3, 0.4) is 0 Å². The first-order chi connectivity index (χ1) is 9.95. The van der Waals surface area contributed by atoms with E-state index in [-0.39, 0.29) is 12.8 Å². The van der Waals surface area contributed by atoms with E-state index in [9.17, 15) is 19.7 Å². The van der Waals surface area contributed by atoms with Gasteiger partial charge in [-0.3, -0.25) is 14.9 Å². The lowest BCUT2D eigenvalue weighted by atomic mass is 10.0. The van der Waals surface area contributed by atoms with Gasteiger partial charge in [0, 0.05) is 17.8 Å². The van der Waals surface area contributed by atoms with Gasteiger partial charge in [0.25, 0.3) is 0 Å². The van der Waals surface area contributed by atoms with E-state index >= 15 is 0 Å². The van der Waals surface area contributed by atoms with Gasteiger partial charge < -0.3 is 10.2 Å². The van der Waals surface area contributed by atoms with Gasteiger partial charge in [-0.15, -0.1) is 0 Å². The predicted molar refractivity (Wildman–Crippen MR) is 76.8 cm³/mol. The summed E-state index contributed by atoms with van der Waals surface area (Å²) in [6, 6.07) is -1.47. The summed E-state index contributed by atoms with van der Waals surface area (Å²) in [7, 11) is 0. The SMILES string of the molecule is O=C(O)CCCCCCCCCCCC(C(=O)O)[N+](=O)[O-]. The van der Waals surface area contributed by atoms with Gasteiger partial charge in [-0.05, 0) is 12.8 Å². The summed E-state index contributed by atoms with van der Waals surface area (Å²) in [6.45, 7) is 0. The standard InChI is InChI=1S/C14H25NO6/c16-13(17)11-9-7-5-3-1-2-4-6-8-10-12(14(18)19)15(20)21/h12H,1-11H2,(H,16,17)(H,18,19). The second-order valence-corrected chi connectivity index (χ2v) is 5.25. The number of nitrogens with zero attached hydrogens (tertiary/aromatic N) is 1. The smallest absolute Gasteiger partial charge is 0.379 e. The van der Waals surface area contributed by atoms with Gasteiger partial charge in [-0.2, -0.15) is 0 Å². The molecule has 0 aliphatic rings. The highest BCUT2D eigenvalue weighted by atomic mass is 16.6. The molecule has 7 nitrogen and oxygen atoms in total. The minimum atomic E-state index is -1.47. The van der Waals surface area contributed by atoms with Crippen molar-refractivity contribution < 1.29 is 24.7 Å². The Balaban J connectivity index is 3.34. The molecule has 0 bridgehead atoms. The molecule has 0 saturated carbocycles. The topological polar surface area (TPSA) is 118 Å². The van der Waals surface area contributed by atoms with Crippen LogP contribution in [0.1, 0.15) is 70.6 Å². The Labute approximate surface area is 124 Å². The summed E-state index contributed by atoms with van der Waals surface area (Å²) in [5.41, 5.74) is 0. The van der Waals surface area contributed by atoms with Crippen molar-refractivity contribution in [2.75, 3.05) is 0 Å². The van der Waals surface area contributed by atoms with Gasteiger partial charge in [0.2, 0.25) is 0 Å². The number of aliphatic carboxylic acids is 2. The van der Waals surface area contributed by atoms with E-state index in [1.807, 2.05) is 0 Å². The highest BCUT2D eigenvalue weighted by molar-refractivity contribution is 5.71. The number of carbonyl (C=O) groups is 2. The van der Waals surface area contributed by atoms with E-state index in [0.717, 1.165) is 51.4 Å². The minimum Gasteiger partial charge on any atom is -0.481 e. The number of hydrogen-bond acceptors (Lipinski definition) is 4. The van der Waals surface area contributed by atoms with Crippen molar-refractivity contribution in [1.29, 1.82) is 0 Å². The molecule has 21 heavy (non-hydrogen) atoms. The van der Waals surface area contributed by atoms with Crippen LogP contribution in [0.5, 0.6) is 0 Å². The third-order valence-corrected chi connectivity index (χ3v) is 3.41. The normalized spacial score (nSPS) is 12.0. The summed E-state index contributed by atoms with van der Waals surface area (Å²) in [5.74, 6) is -2.11. The molecule has 0 aliphatic carbocycles. The second-order valence-electron chi connectivity index (χ2n) is 5.25. The highest BCUT2D eigenvalue weighted by Crippen LogP contribution is 2.12. The van der Waals surface area contributed by atoms with Crippen molar-refractivity contribution >= 4 is 11.9 Å². The van der Waals surface area contributed by atoms with E-state index in [4.69, 9.17) is 10.2 Å². The van der Waals surface area contributed by atoms with Crippen LogP contribution in [0, 0.1) is 10.1 Å². The van der Waals surface area contributed by atoms with E-state index < -0.39 is 22.9 Å². The Morgan fingerprint density at radius 2 is 1.29 bits per heavy atom. The summed E-state index contributed by atoms with van der Waals surface area (Å²) < 4.78 is 0. The summed E-state index contributed by atoms with van der Waals surface area (Å²) in [6.07, 6.45) is 8.56. The van der Waals surface area contributed by atoms with Crippen LogP contribution in [0.15, 0.2) is 0 Å². The molecule has 0 rings (SSSR count). The molecule has 7 heteroatoms. The average Bonchev–Trinajstić information content (AvgIpc) is 2.38. The van der Waals surface area contributed by atoms with E-state index in [1.54, 1.807) is 0 Å². The fraction of sp³-hybridized carbons (Fsp3) is 0.857. The van der Waals surface area contributed by atoms with Crippen LogP contribution in [0.4, 0.5) is 0 Å². The average molecular weight is 303 g/mol. The number of hydrogen-bond donors (Lipinski definition) is 2. The van der Waals surface area contributed by atoms with Crippen LogP contribution in [-0.4, -0.2) is 33.1 Å². The number of nitro groups is 1. The molecule has 2 N–H and O–H groups in total. The maximum atomic E-state index is 10.6. The molecule has 0 spiro atoms. The number of unbranched alkanes of at least 4 members (excludes halogenated alkanes) is 8. The summed E-state index contributed by atoms with van der Waals surface area (Å²) in [4.78, 5) is 30.6. The molecule has 0 amide bonds. The minimum absolute atomic E-state index is 0.0948. The molecule has 0 aromatic carbocycles. The molecule has 0 radical (unpaired) electrons. The second kappa shape index (κ2) is 12.1. The van der Waals surface area contributed by atoms with Crippen LogP contribution < -0.4 is 0 Å². The molecule has 1 atom stereocenters. The van der Waals surface area contributed by atoms with Gasteiger partial charge in [-0.1, -0.05) is 44.9 Å². The molecule has 0 aromatic rings. The van der Waals surface area contributed by atoms with Crippen molar-refractivity contribution in [3.63, 3.8) is 0 Å². The van der Waals surface area contributed by atoms with Gasteiger partial charge in [0.05, 0.1) is 0 Å². The maximum absolute atomic E-state index is 10.6. The number of carboxylic acid groups (broad SMARTS) is 2. The van der Waals surface area contributed by atoms with Crippen molar-refractivity contribution in [2.24, 2.45) is 0 Å². The fourth-order valence-corrected chi connectivity index (χ4v) is 2.17. The Hall–Kier alpha value is -1.66. The Morgan fingerprint density at radius 1 is 0.857 bits per heavy atom. The van der Waals surface area contributed by atoms with Crippen molar-refractivity contribution in [3.8, 4) is 0 Å². The van der Waals surface area contributed by atoms with Gasteiger partial charge in [0.15, 0.2) is 0 Å². The summed E-state index contributed by atoms with van der Waals surface area (Å²) in [5, 5.41) is 27.6. The Morgan fingerprint density at radius 3 is 1.67 bits per heavy atom. The number of carboxylic acids is 2. The first kappa shape index (κ1) is 19.3. The first-order valence-corrected chi connectivity index (χ1v) is 7.53. The molecule has 0 saturated heterocycles. The van der Waals surface area contributed by atoms with Gasteiger partial charge in [-0.25, -0.2) is 4.79 Å². The maximum Gasteiger partial charge on any atom is 0.379 e. The lowest BCUT2D eigenvalue weighted by Gasteiger charge is -2.04. The predicted octanol–water partition coefficient (Wildman–Crippen LogP) is 3.09. The van der Waals surface area contributed by atoms with Crippen LogP contribution in [-0.2, 0) is 9.59 Å². The molecule has 122 valence electrons. The van der Waals surface area contributed by atoms with Crippen molar-refractivity contribution in [3.05, 3.63) is 10.1 Å². The third-order valence-electron chi connectivity index (χ3n) is 3.41. The van der Waals surface area contributed by atoms with Gasteiger partial charge in [0.1, 0.15) is 0 Å². The highest BCUT2D eigenvalue weighted by Gasteiger charge is 2.27. The molecule has 0 fully saturated rings. The van der Waals surface area contributed by atoms with Crippen LogP contribution in [0.2, 0.25) is 0 Å². The van der Waals surface area contributed by atoms with Crippen LogP contribution in [0.25, 0.3) is 0 Å². The van der Waals surface area contributed by atoms with E-state index in [2.05, 4.69) is 0 Å². The quantitative estimate of drug-likeness (QED) is 0.289. The molecule has 0 aromatic heterocycles. The lowest BCUT2D eigenvalue weighted by molar-refractivity contribution is -0.511. The zero-order valence-corrected chi connectivity index (χ0v) is 12.3. The molecular weight excluding hydrogens is 278 g/mol. The zero-order valence-electron chi connectivity index (χ0n) is 12.3. The molecule has 1 unspecified atom stereocenters. The fourth-order valence-electron chi connectivity index (χ4n) is 2.17. The third kappa shape index (κ3) is 11.8. The monoisotopic (exact) mass is 303 g/mol. The molecule has 0 heterocycles. The van der Waals surface area contributed by atoms with Crippen LogP contribution >= 0.6 is 0 Å². The summed E-state index contributed by atoms with van der Waals surface area (Å²) >= 11 is 0. The van der Waals surface area contributed by atoms with E-state index in [0.29, 0.717) is 6.42 Å². The Kier molecular flexibility index (Phi) is 11.2. The zero-order chi connectivity index (χ0) is 16.1. The van der Waals surface area contributed by atoms with E-state index in [1.165, 1.54) is 0 Å². The van der Waals surface area contributed by atoms with Crippen molar-refractivity contribution in [1.82, 2.24) is 0 Å². The number of rotatable bonds is 14. The van der Waals surface area contributed by atoms with Gasteiger partial charge >= 0.3 is 18.0 Å². The molecular formula is C14H25NO6.